The van der Waals surface area contributed by atoms with E-state index in [-0.39, 0.29) is 11.1 Å². The van der Waals surface area contributed by atoms with Crippen molar-refractivity contribution in [1.29, 1.82) is 0 Å². The van der Waals surface area contributed by atoms with Crippen LogP contribution in [0.2, 0.25) is 0 Å². The summed E-state index contributed by atoms with van der Waals surface area (Å²) in [5.74, 6) is -1.84. The highest BCUT2D eigenvalue weighted by atomic mass is 19.3. The maximum atomic E-state index is 11.4. The van der Waals surface area contributed by atoms with Gasteiger partial charge in [0.2, 0.25) is 5.91 Å². The molecule has 0 saturated heterocycles. The van der Waals surface area contributed by atoms with Crippen molar-refractivity contribution < 1.29 is 19.1 Å². The van der Waals surface area contributed by atoms with Crippen molar-refractivity contribution in [2.24, 2.45) is 5.73 Å². The topological polar surface area (TPSA) is 69.4 Å². The van der Waals surface area contributed by atoms with Crippen LogP contribution in [0.5, 0.6) is 0 Å². The lowest BCUT2D eigenvalue weighted by molar-refractivity contribution is -0.0788. The summed E-state index contributed by atoms with van der Waals surface area (Å²) in [7, 11) is 0. The number of hydrogen-bond acceptors (Lipinski definition) is 3. The summed E-state index contributed by atoms with van der Waals surface area (Å²) in [5.41, 5.74) is 5.01. The molecule has 0 unspecified atom stereocenters. The lowest BCUT2D eigenvalue weighted by Gasteiger charge is -1.97. The third kappa shape index (κ3) is 2.02. The maximum Gasteiger partial charge on any atom is 0.379 e. The summed E-state index contributed by atoms with van der Waals surface area (Å²) < 4.78 is 11.4. The molecular weight excluding hydrogens is 177 g/mol. The summed E-state index contributed by atoms with van der Waals surface area (Å²) in [6.07, 6.45) is 0. The van der Waals surface area contributed by atoms with E-state index in [1.807, 2.05) is 0 Å². The van der Waals surface area contributed by atoms with Crippen molar-refractivity contribution in [2.75, 3.05) is 0 Å². The molecule has 1 rings (SSSR count). The van der Waals surface area contributed by atoms with Crippen molar-refractivity contribution in [1.82, 2.24) is 0 Å². The number of nitrogens with two attached hydrogens (primary N) is 1. The van der Waals surface area contributed by atoms with E-state index in [0.29, 0.717) is 0 Å². The Bertz CT molecular complexity index is 351. The second-order valence-electron chi connectivity index (χ2n) is 2.31. The number of primary amides is 1. The molecule has 0 aromatic heterocycles. The minimum Gasteiger partial charge on any atom is -0.366 e. The predicted octanol–water partition coefficient (Wildman–Crippen LogP) is 0.827. The standard InChI is InChI=1S/C8H6FNO3/c9-13-8(12)6-3-1-2-5(4-6)7(10)11/h1-4H,(H2,10,11). The van der Waals surface area contributed by atoms with Gasteiger partial charge in [0.25, 0.3) is 0 Å². The van der Waals surface area contributed by atoms with E-state index in [0.717, 1.165) is 6.07 Å². The summed E-state index contributed by atoms with van der Waals surface area (Å²) in [6.45, 7) is 0. The highest BCUT2D eigenvalue weighted by molar-refractivity contribution is 5.96. The molecular formula is C8H6FNO3. The largest absolute Gasteiger partial charge is 0.379 e. The Balaban J connectivity index is 3.05. The zero-order valence-electron chi connectivity index (χ0n) is 6.49. The van der Waals surface area contributed by atoms with Crippen LogP contribution in [0.1, 0.15) is 20.7 Å². The van der Waals surface area contributed by atoms with E-state index in [1.165, 1.54) is 18.2 Å². The molecule has 0 radical (unpaired) electrons. The Hall–Kier alpha value is -1.91. The first kappa shape index (κ1) is 9.18. The number of hydrogen-bond donors (Lipinski definition) is 1. The third-order valence-corrected chi connectivity index (χ3v) is 1.45. The van der Waals surface area contributed by atoms with Crippen LogP contribution in [-0.4, -0.2) is 11.9 Å². The molecule has 0 saturated carbocycles. The fourth-order valence-corrected chi connectivity index (χ4v) is 0.844. The Morgan fingerprint density at radius 1 is 1.31 bits per heavy atom. The Kier molecular flexibility index (Phi) is 2.59. The number of halogens is 1. The lowest BCUT2D eigenvalue weighted by atomic mass is 10.1. The molecule has 0 spiro atoms. The minimum absolute atomic E-state index is 0.0567. The Morgan fingerprint density at radius 3 is 2.46 bits per heavy atom. The smallest absolute Gasteiger partial charge is 0.366 e. The van der Waals surface area contributed by atoms with Crippen LogP contribution in [0.3, 0.4) is 0 Å². The van der Waals surface area contributed by atoms with Gasteiger partial charge in [0.05, 0.1) is 5.56 Å². The molecule has 1 aromatic carbocycles. The first-order chi connectivity index (χ1) is 6.15. The fraction of sp³-hybridized carbons (Fsp3) is 0. The summed E-state index contributed by atoms with van der Waals surface area (Å²) in [5, 5.41) is 0. The van der Waals surface area contributed by atoms with Crippen molar-refractivity contribution in [3.05, 3.63) is 35.4 Å². The number of rotatable bonds is 2. The van der Waals surface area contributed by atoms with Crippen LogP contribution in [0.4, 0.5) is 4.53 Å². The maximum absolute atomic E-state index is 11.4. The van der Waals surface area contributed by atoms with Gasteiger partial charge in [-0.2, -0.15) is 0 Å². The van der Waals surface area contributed by atoms with Crippen LogP contribution in [0.15, 0.2) is 24.3 Å². The molecule has 1 amide bonds. The molecule has 1 aromatic rings. The van der Waals surface area contributed by atoms with Gasteiger partial charge in [-0.15, -0.1) is 0 Å². The van der Waals surface area contributed by atoms with Gasteiger partial charge in [-0.25, -0.2) is 9.74 Å². The zero-order chi connectivity index (χ0) is 9.84. The van der Waals surface area contributed by atoms with Crippen molar-refractivity contribution >= 4 is 11.9 Å². The zero-order valence-corrected chi connectivity index (χ0v) is 6.49. The van der Waals surface area contributed by atoms with Gasteiger partial charge >= 0.3 is 5.97 Å². The molecule has 5 heteroatoms. The van der Waals surface area contributed by atoms with E-state index in [2.05, 4.69) is 4.94 Å². The fourth-order valence-electron chi connectivity index (χ4n) is 0.844. The molecule has 0 aliphatic carbocycles. The SMILES string of the molecule is NC(=O)c1cccc(C(=O)OF)c1. The summed E-state index contributed by atoms with van der Waals surface area (Å²) in [4.78, 5) is 24.3. The molecule has 13 heavy (non-hydrogen) atoms. The normalized spacial score (nSPS) is 9.31. The van der Waals surface area contributed by atoms with Gasteiger partial charge in [0.15, 0.2) is 0 Å². The number of benzene rings is 1. The van der Waals surface area contributed by atoms with Gasteiger partial charge in [-0.1, -0.05) is 6.07 Å². The van der Waals surface area contributed by atoms with E-state index < -0.39 is 11.9 Å². The third-order valence-electron chi connectivity index (χ3n) is 1.45. The molecule has 4 nitrogen and oxygen atoms in total. The van der Waals surface area contributed by atoms with Crippen LogP contribution in [0, 0.1) is 0 Å². The first-order valence-electron chi connectivity index (χ1n) is 3.38. The molecule has 2 N–H and O–H groups in total. The number of amides is 1. The monoisotopic (exact) mass is 183 g/mol. The molecule has 0 fully saturated rings. The van der Waals surface area contributed by atoms with E-state index >= 15 is 0 Å². The second kappa shape index (κ2) is 3.66. The van der Waals surface area contributed by atoms with Crippen molar-refractivity contribution in [3.8, 4) is 0 Å². The Morgan fingerprint density at radius 2 is 1.92 bits per heavy atom. The van der Waals surface area contributed by atoms with E-state index in [9.17, 15) is 14.1 Å². The van der Waals surface area contributed by atoms with Gasteiger partial charge in [0, 0.05) is 10.1 Å². The minimum atomic E-state index is -1.15. The molecule has 0 heterocycles. The molecule has 0 atom stereocenters. The lowest BCUT2D eigenvalue weighted by Crippen LogP contribution is -2.11. The van der Waals surface area contributed by atoms with Crippen LogP contribution < -0.4 is 5.73 Å². The molecule has 0 bridgehead atoms. The average molecular weight is 183 g/mol. The van der Waals surface area contributed by atoms with Gasteiger partial charge < -0.3 is 5.73 Å². The van der Waals surface area contributed by atoms with Crippen LogP contribution in [0.25, 0.3) is 0 Å². The van der Waals surface area contributed by atoms with Gasteiger partial charge in [-0.3, -0.25) is 4.79 Å². The van der Waals surface area contributed by atoms with Crippen LogP contribution >= 0.6 is 0 Å². The molecule has 0 aliphatic rings. The number of carbonyl (C=O) groups excluding carboxylic acids is 2. The quantitative estimate of drug-likeness (QED) is 0.738. The summed E-state index contributed by atoms with van der Waals surface area (Å²) >= 11 is 0. The highest BCUT2D eigenvalue weighted by Crippen LogP contribution is 2.06. The van der Waals surface area contributed by atoms with Crippen molar-refractivity contribution in [2.45, 2.75) is 0 Å². The van der Waals surface area contributed by atoms with E-state index in [1.54, 1.807) is 0 Å². The predicted molar refractivity (Wildman–Crippen MR) is 41.5 cm³/mol. The second-order valence-corrected chi connectivity index (χ2v) is 2.31. The molecule has 0 aliphatic heterocycles. The van der Waals surface area contributed by atoms with Gasteiger partial charge in [-0.05, 0) is 18.2 Å². The Labute approximate surface area is 73.0 Å². The van der Waals surface area contributed by atoms with Crippen LogP contribution in [-0.2, 0) is 4.94 Å². The number of carbonyl (C=O) groups is 2. The highest BCUT2D eigenvalue weighted by Gasteiger charge is 2.09. The first-order valence-corrected chi connectivity index (χ1v) is 3.38. The summed E-state index contributed by atoms with van der Waals surface area (Å²) in [6, 6.07) is 5.29. The van der Waals surface area contributed by atoms with Crippen molar-refractivity contribution in [3.63, 3.8) is 0 Å². The van der Waals surface area contributed by atoms with Gasteiger partial charge in [0.1, 0.15) is 0 Å². The average Bonchev–Trinajstić information content (AvgIpc) is 2.17. The van der Waals surface area contributed by atoms with E-state index in [4.69, 9.17) is 5.73 Å². The molecule has 68 valence electrons.